The van der Waals surface area contributed by atoms with E-state index in [0.29, 0.717) is 17.0 Å². The van der Waals surface area contributed by atoms with Gasteiger partial charge in [-0.15, -0.1) is 10.2 Å². The van der Waals surface area contributed by atoms with Gasteiger partial charge in [-0.2, -0.15) is 0 Å². The molecule has 0 spiro atoms. The van der Waals surface area contributed by atoms with Crippen LogP contribution in [-0.2, 0) is 7.05 Å². The van der Waals surface area contributed by atoms with Gasteiger partial charge >= 0.3 is 0 Å². The highest BCUT2D eigenvalue weighted by molar-refractivity contribution is 5.82. The fourth-order valence-electron chi connectivity index (χ4n) is 3.23. The van der Waals surface area contributed by atoms with E-state index in [1.165, 1.54) is 25.4 Å². The Balaban J connectivity index is 1.84. The molecule has 1 atom stereocenters. The second-order valence-electron chi connectivity index (χ2n) is 6.85. The van der Waals surface area contributed by atoms with Gasteiger partial charge in [-0.05, 0) is 42.3 Å². The molecule has 0 amide bonds. The molecule has 152 valence electrons. The van der Waals surface area contributed by atoms with Crippen LogP contribution in [-0.4, -0.2) is 24.9 Å². The number of aromatic nitrogens is 4. The summed E-state index contributed by atoms with van der Waals surface area (Å²) < 4.78 is 35.0. The molecule has 2 aromatic heterocycles. The first kappa shape index (κ1) is 19.7. The quantitative estimate of drug-likeness (QED) is 0.506. The third kappa shape index (κ3) is 3.53. The number of rotatable bonds is 5. The van der Waals surface area contributed by atoms with Gasteiger partial charge in [0.2, 0.25) is 5.89 Å². The number of hydrogen-bond acceptors (Lipinski definition) is 5. The Kier molecular flexibility index (Phi) is 5.01. The summed E-state index contributed by atoms with van der Waals surface area (Å²) in [6.07, 6.45) is 0.493. The summed E-state index contributed by atoms with van der Waals surface area (Å²) in [4.78, 5) is 4.15. The second kappa shape index (κ2) is 7.64. The van der Waals surface area contributed by atoms with Gasteiger partial charge in [0.25, 0.3) is 0 Å². The van der Waals surface area contributed by atoms with Gasteiger partial charge in [-0.1, -0.05) is 24.8 Å². The molecule has 0 aliphatic heterocycles. The lowest BCUT2D eigenvalue weighted by Gasteiger charge is -2.10. The van der Waals surface area contributed by atoms with Crippen molar-refractivity contribution in [1.82, 2.24) is 19.7 Å². The summed E-state index contributed by atoms with van der Waals surface area (Å²) in [5.41, 5.74) is 2.50. The third-order valence-electron chi connectivity index (χ3n) is 4.64. The molecule has 6 nitrogen and oxygen atoms in total. The van der Waals surface area contributed by atoms with Crippen molar-refractivity contribution in [3.05, 3.63) is 72.6 Å². The Morgan fingerprint density at radius 1 is 1.17 bits per heavy atom. The molecule has 1 N–H and O–H groups in total. The first-order valence-electron chi connectivity index (χ1n) is 9.13. The van der Waals surface area contributed by atoms with Crippen molar-refractivity contribution in [1.29, 1.82) is 0 Å². The van der Waals surface area contributed by atoms with E-state index >= 15 is 0 Å². The summed E-state index contributed by atoms with van der Waals surface area (Å²) >= 11 is 0. The average Bonchev–Trinajstić information content (AvgIpc) is 3.35. The molecule has 0 aliphatic rings. The van der Waals surface area contributed by atoms with Crippen molar-refractivity contribution in [2.24, 2.45) is 7.05 Å². The number of benzene rings is 2. The molecule has 30 heavy (non-hydrogen) atoms. The summed E-state index contributed by atoms with van der Waals surface area (Å²) in [5.74, 6) is -0.528. The van der Waals surface area contributed by atoms with Crippen molar-refractivity contribution in [2.75, 3.05) is 0 Å². The Bertz CT molecular complexity index is 1240. The van der Waals surface area contributed by atoms with Crippen molar-refractivity contribution < 1.29 is 18.3 Å². The maximum Gasteiger partial charge on any atom is 0.227 e. The number of nitrogens with zero attached hydrogens (tertiary/aromatic N) is 4. The number of halogens is 2. The average molecular weight is 408 g/mol. The topological polar surface area (TPSA) is 77.0 Å². The van der Waals surface area contributed by atoms with E-state index in [0.717, 1.165) is 11.1 Å². The molecule has 0 radical (unpaired) electrons. The van der Waals surface area contributed by atoms with Crippen LogP contribution in [0.2, 0.25) is 0 Å². The number of oxazole rings is 1. The molecule has 2 heterocycles. The van der Waals surface area contributed by atoms with E-state index in [9.17, 15) is 13.9 Å². The predicted molar refractivity (Wildman–Crippen MR) is 108 cm³/mol. The molecular formula is C22H18F2N4O2. The minimum atomic E-state index is -1.04. The molecule has 0 saturated carbocycles. The maximum atomic E-state index is 14.0. The van der Waals surface area contributed by atoms with E-state index < -0.39 is 17.7 Å². The number of aliphatic hydroxyl groups is 1. The van der Waals surface area contributed by atoms with Crippen molar-refractivity contribution in [2.45, 2.75) is 13.0 Å². The summed E-state index contributed by atoms with van der Waals surface area (Å²) in [5, 5.41) is 17.8. The zero-order valence-electron chi connectivity index (χ0n) is 16.3. The first-order chi connectivity index (χ1) is 14.3. The van der Waals surface area contributed by atoms with Gasteiger partial charge in [0.1, 0.15) is 29.8 Å². The van der Waals surface area contributed by atoms with Crippen LogP contribution in [0.25, 0.3) is 39.8 Å². The van der Waals surface area contributed by atoms with Crippen molar-refractivity contribution in [3.8, 4) is 34.0 Å². The Labute approximate surface area is 171 Å². The zero-order chi connectivity index (χ0) is 21.4. The number of aliphatic hydroxyl groups excluding tert-OH is 1. The molecule has 2 aromatic carbocycles. The van der Waals surface area contributed by atoms with Crippen LogP contribution in [0.3, 0.4) is 0 Å². The second-order valence-corrected chi connectivity index (χ2v) is 6.85. The van der Waals surface area contributed by atoms with Crippen LogP contribution in [0.5, 0.6) is 0 Å². The molecule has 0 saturated heterocycles. The molecule has 1 unspecified atom stereocenters. The fraction of sp³-hybridized carbons (Fsp3) is 0.136. The van der Waals surface area contributed by atoms with Crippen LogP contribution in [0, 0.1) is 5.82 Å². The highest BCUT2D eigenvalue weighted by atomic mass is 19.1. The number of aryl methyl sites for hydroxylation is 1. The van der Waals surface area contributed by atoms with E-state index in [2.05, 4.69) is 21.8 Å². The molecule has 0 aliphatic carbocycles. The maximum absolute atomic E-state index is 14.0. The first-order valence-corrected chi connectivity index (χ1v) is 9.13. The van der Waals surface area contributed by atoms with Gasteiger partial charge < -0.3 is 14.1 Å². The van der Waals surface area contributed by atoms with E-state index in [4.69, 9.17) is 4.42 Å². The number of hydrogen-bond donors (Lipinski definition) is 1. The minimum Gasteiger partial charge on any atom is -0.438 e. The largest absolute Gasteiger partial charge is 0.438 e. The smallest absolute Gasteiger partial charge is 0.227 e. The normalized spacial score (nSPS) is 12.2. The molecule has 4 aromatic rings. The van der Waals surface area contributed by atoms with Gasteiger partial charge in [0.05, 0.1) is 0 Å². The van der Waals surface area contributed by atoms with E-state index in [1.54, 1.807) is 35.9 Å². The lowest BCUT2D eigenvalue weighted by molar-refractivity contribution is 0.170. The van der Waals surface area contributed by atoms with E-state index in [1.807, 2.05) is 6.07 Å². The highest BCUT2D eigenvalue weighted by Gasteiger charge is 2.21. The zero-order valence-corrected chi connectivity index (χ0v) is 16.3. The van der Waals surface area contributed by atoms with Crippen molar-refractivity contribution >= 4 is 5.83 Å². The fourth-order valence-corrected chi connectivity index (χ4v) is 3.23. The minimum absolute atomic E-state index is 0.00413. The molecule has 0 fully saturated rings. The van der Waals surface area contributed by atoms with Gasteiger partial charge in [0, 0.05) is 18.2 Å². The molecule has 8 heteroatoms. The van der Waals surface area contributed by atoms with Gasteiger partial charge in [-0.25, -0.2) is 13.8 Å². The summed E-state index contributed by atoms with van der Waals surface area (Å²) in [7, 11) is 1.77. The SMILES string of the molecule is C=C(F)c1nc(-c2cccc(-c3ccc(F)cc3-c3nncn3C)c2)oc1C(C)O. The standard InChI is InChI=1S/C22H18F2N4O2/c1-12(23)19-20(13(2)29)30-22(26-19)15-6-4-5-14(9-15)17-8-7-16(24)10-18(17)21-27-25-11-28(21)3/h4-11,13,29H,1H2,2-3H3. The van der Waals surface area contributed by atoms with Gasteiger partial charge in [-0.3, -0.25) is 0 Å². The highest BCUT2D eigenvalue weighted by Crippen LogP contribution is 2.35. The van der Waals surface area contributed by atoms with Crippen LogP contribution in [0.1, 0.15) is 24.5 Å². The molecular weight excluding hydrogens is 390 g/mol. The lowest BCUT2D eigenvalue weighted by Crippen LogP contribution is -1.95. The van der Waals surface area contributed by atoms with Crippen LogP contribution < -0.4 is 0 Å². The third-order valence-corrected chi connectivity index (χ3v) is 4.64. The molecule has 4 rings (SSSR count). The monoisotopic (exact) mass is 408 g/mol. The van der Waals surface area contributed by atoms with Crippen LogP contribution >= 0.6 is 0 Å². The summed E-state index contributed by atoms with van der Waals surface area (Å²) in [6, 6.07) is 11.6. The van der Waals surface area contributed by atoms with Crippen LogP contribution in [0.15, 0.2) is 59.8 Å². The summed E-state index contributed by atoms with van der Waals surface area (Å²) in [6.45, 7) is 4.70. The van der Waals surface area contributed by atoms with Crippen molar-refractivity contribution in [3.63, 3.8) is 0 Å². The molecule has 0 bridgehead atoms. The van der Waals surface area contributed by atoms with Gasteiger partial charge in [0.15, 0.2) is 11.6 Å². The Morgan fingerprint density at radius 2 is 1.93 bits per heavy atom. The lowest BCUT2D eigenvalue weighted by atomic mass is 9.97. The Morgan fingerprint density at radius 3 is 2.57 bits per heavy atom. The van der Waals surface area contributed by atoms with Crippen LogP contribution in [0.4, 0.5) is 8.78 Å². The van der Waals surface area contributed by atoms with E-state index in [-0.39, 0.29) is 17.3 Å². The Hall–Kier alpha value is -3.65. The predicted octanol–water partition coefficient (Wildman–Crippen LogP) is 4.94.